The van der Waals surface area contributed by atoms with E-state index in [0.717, 1.165) is 19.6 Å². The molecule has 2 rings (SSSR count). The van der Waals surface area contributed by atoms with Gasteiger partial charge in [-0.2, -0.15) is 0 Å². The number of likely N-dealkylation sites (tertiary alicyclic amines) is 1. The van der Waals surface area contributed by atoms with Crippen molar-refractivity contribution in [3.63, 3.8) is 0 Å². The molecule has 0 aliphatic carbocycles. The lowest BCUT2D eigenvalue weighted by Crippen LogP contribution is -2.33. The van der Waals surface area contributed by atoms with E-state index in [0.29, 0.717) is 12.1 Å². The van der Waals surface area contributed by atoms with Gasteiger partial charge >= 0.3 is 0 Å². The number of amides is 1. The molecule has 0 aromatic heterocycles. The van der Waals surface area contributed by atoms with E-state index in [2.05, 4.69) is 10.2 Å². The van der Waals surface area contributed by atoms with Gasteiger partial charge in [-0.25, -0.2) is 0 Å². The fourth-order valence-corrected chi connectivity index (χ4v) is 2.05. The van der Waals surface area contributed by atoms with Crippen LogP contribution in [-0.4, -0.2) is 42.1 Å². The van der Waals surface area contributed by atoms with E-state index in [1.807, 2.05) is 0 Å². The molecule has 1 saturated heterocycles. The van der Waals surface area contributed by atoms with E-state index in [1.165, 1.54) is 25.0 Å². The minimum atomic E-state index is -0.0794. The van der Waals surface area contributed by atoms with Gasteiger partial charge in [0.1, 0.15) is 5.75 Å². The maximum atomic E-state index is 11.7. The second-order valence-corrected chi connectivity index (χ2v) is 4.35. The molecule has 0 unspecified atom stereocenters. The lowest BCUT2D eigenvalue weighted by atomic mass is 10.2. The molecule has 92 valence electrons. The van der Waals surface area contributed by atoms with Crippen molar-refractivity contribution in [1.29, 1.82) is 0 Å². The summed E-state index contributed by atoms with van der Waals surface area (Å²) in [5.41, 5.74) is 0.587. The van der Waals surface area contributed by atoms with Gasteiger partial charge in [0, 0.05) is 18.7 Å². The second-order valence-electron chi connectivity index (χ2n) is 4.35. The SMILES string of the molecule is O=C(NCCN1CCCC1)c1ccc(O)cc1. The summed E-state index contributed by atoms with van der Waals surface area (Å²) in [6.07, 6.45) is 2.54. The van der Waals surface area contributed by atoms with Gasteiger partial charge in [0.05, 0.1) is 0 Å². The number of nitrogens with zero attached hydrogens (tertiary/aromatic N) is 1. The first kappa shape index (κ1) is 11.9. The highest BCUT2D eigenvalue weighted by Gasteiger charge is 2.11. The molecule has 1 aromatic rings. The largest absolute Gasteiger partial charge is 0.508 e. The van der Waals surface area contributed by atoms with Crippen LogP contribution in [0.3, 0.4) is 0 Å². The Bertz CT molecular complexity index is 370. The van der Waals surface area contributed by atoms with E-state index < -0.39 is 0 Å². The Morgan fingerprint density at radius 1 is 1.24 bits per heavy atom. The van der Waals surface area contributed by atoms with Crippen molar-refractivity contribution in [2.75, 3.05) is 26.2 Å². The number of phenolic OH excluding ortho intramolecular Hbond substituents is 1. The molecule has 1 aliphatic rings. The minimum absolute atomic E-state index is 0.0794. The molecule has 0 radical (unpaired) electrons. The summed E-state index contributed by atoms with van der Waals surface area (Å²) in [6, 6.07) is 6.30. The number of rotatable bonds is 4. The quantitative estimate of drug-likeness (QED) is 0.823. The van der Waals surface area contributed by atoms with Gasteiger partial charge in [-0.15, -0.1) is 0 Å². The van der Waals surface area contributed by atoms with Crippen LogP contribution in [0, 0.1) is 0 Å². The van der Waals surface area contributed by atoms with Crippen LogP contribution in [0.15, 0.2) is 24.3 Å². The van der Waals surface area contributed by atoms with E-state index >= 15 is 0 Å². The molecule has 2 N–H and O–H groups in total. The Hall–Kier alpha value is -1.55. The van der Waals surface area contributed by atoms with Crippen molar-refractivity contribution in [3.05, 3.63) is 29.8 Å². The molecule has 1 fully saturated rings. The van der Waals surface area contributed by atoms with Gasteiger partial charge < -0.3 is 15.3 Å². The highest BCUT2D eigenvalue weighted by atomic mass is 16.3. The molecule has 1 aromatic carbocycles. The zero-order chi connectivity index (χ0) is 12.1. The fraction of sp³-hybridized carbons (Fsp3) is 0.462. The highest BCUT2D eigenvalue weighted by Crippen LogP contribution is 2.09. The van der Waals surface area contributed by atoms with Gasteiger partial charge in [-0.1, -0.05) is 0 Å². The Morgan fingerprint density at radius 2 is 1.88 bits per heavy atom. The minimum Gasteiger partial charge on any atom is -0.508 e. The highest BCUT2D eigenvalue weighted by molar-refractivity contribution is 5.94. The topological polar surface area (TPSA) is 52.6 Å². The number of phenols is 1. The Labute approximate surface area is 101 Å². The number of carbonyl (C=O) groups excluding carboxylic acids is 1. The first-order valence-corrected chi connectivity index (χ1v) is 6.05. The number of benzene rings is 1. The van der Waals surface area contributed by atoms with E-state index in [1.54, 1.807) is 12.1 Å². The smallest absolute Gasteiger partial charge is 0.251 e. The van der Waals surface area contributed by atoms with Crippen LogP contribution in [0.1, 0.15) is 23.2 Å². The number of carbonyl (C=O) groups is 1. The Kier molecular flexibility index (Phi) is 3.98. The second kappa shape index (κ2) is 5.68. The third-order valence-corrected chi connectivity index (χ3v) is 3.04. The Balaban J connectivity index is 1.75. The summed E-state index contributed by atoms with van der Waals surface area (Å²) >= 11 is 0. The van der Waals surface area contributed by atoms with Crippen molar-refractivity contribution in [2.45, 2.75) is 12.8 Å². The average molecular weight is 234 g/mol. The predicted molar refractivity (Wildman–Crippen MR) is 66.1 cm³/mol. The molecule has 1 heterocycles. The molecule has 4 nitrogen and oxygen atoms in total. The number of hydrogen-bond acceptors (Lipinski definition) is 3. The molecule has 17 heavy (non-hydrogen) atoms. The van der Waals surface area contributed by atoms with Crippen LogP contribution in [-0.2, 0) is 0 Å². The standard InChI is InChI=1S/C13H18N2O2/c16-12-5-3-11(4-6-12)13(17)14-7-10-15-8-1-2-9-15/h3-6,16H,1-2,7-10H2,(H,14,17). The molecule has 0 saturated carbocycles. The molecular formula is C13H18N2O2. The van der Waals surface area contributed by atoms with Gasteiger partial charge in [0.25, 0.3) is 5.91 Å². The first-order chi connectivity index (χ1) is 8.25. The van der Waals surface area contributed by atoms with Crippen LogP contribution in [0.4, 0.5) is 0 Å². The zero-order valence-electron chi connectivity index (χ0n) is 9.85. The maximum absolute atomic E-state index is 11.7. The van der Waals surface area contributed by atoms with Crippen molar-refractivity contribution in [3.8, 4) is 5.75 Å². The molecule has 0 spiro atoms. The summed E-state index contributed by atoms with van der Waals surface area (Å²) < 4.78 is 0. The molecular weight excluding hydrogens is 216 g/mol. The summed E-state index contributed by atoms with van der Waals surface area (Å²) in [5, 5.41) is 12.0. The van der Waals surface area contributed by atoms with E-state index in [4.69, 9.17) is 5.11 Å². The molecule has 0 bridgehead atoms. The summed E-state index contributed by atoms with van der Waals surface area (Å²) in [6.45, 7) is 3.90. The zero-order valence-corrected chi connectivity index (χ0v) is 9.85. The van der Waals surface area contributed by atoms with Crippen molar-refractivity contribution in [1.82, 2.24) is 10.2 Å². The van der Waals surface area contributed by atoms with Crippen LogP contribution < -0.4 is 5.32 Å². The molecule has 0 atom stereocenters. The van der Waals surface area contributed by atoms with Gasteiger partial charge in [-0.3, -0.25) is 4.79 Å². The third-order valence-electron chi connectivity index (χ3n) is 3.04. The van der Waals surface area contributed by atoms with Crippen LogP contribution >= 0.6 is 0 Å². The fourth-order valence-electron chi connectivity index (χ4n) is 2.05. The lowest BCUT2D eigenvalue weighted by molar-refractivity contribution is 0.0950. The summed E-state index contributed by atoms with van der Waals surface area (Å²) in [5.74, 6) is 0.0998. The molecule has 1 amide bonds. The van der Waals surface area contributed by atoms with Crippen LogP contribution in [0.2, 0.25) is 0 Å². The monoisotopic (exact) mass is 234 g/mol. The summed E-state index contributed by atoms with van der Waals surface area (Å²) in [4.78, 5) is 14.1. The summed E-state index contributed by atoms with van der Waals surface area (Å²) in [7, 11) is 0. The number of nitrogens with one attached hydrogen (secondary N) is 1. The van der Waals surface area contributed by atoms with E-state index in [9.17, 15) is 4.79 Å². The lowest BCUT2D eigenvalue weighted by Gasteiger charge is -2.14. The van der Waals surface area contributed by atoms with Crippen molar-refractivity contribution in [2.24, 2.45) is 0 Å². The average Bonchev–Trinajstić information content (AvgIpc) is 2.83. The van der Waals surface area contributed by atoms with Crippen LogP contribution in [0.5, 0.6) is 5.75 Å². The van der Waals surface area contributed by atoms with Crippen molar-refractivity contribution < 1.29 is 9.90 Å². The Morgan fingerprint density at radius 3 is 2.53 bits per heavy atom. The van der Waals surface area contributed by atoms with E-state index in [-0.39, 0.29) is 11.7 Å². The van der Waals surface area contributed by atoms with Gasteiger partial charge in [0.2, 0.25) is 0 Å². The first-order valence-electron chi connectivity index (χ1n) is 6.05. The van der Waals surface area contributed by atoms with Crippen molar-refractivity contribution >= 4 is 5.91 Å². The predicted octanol–water partition coefficient (Wildman–Crippen LogP) is 1.22. The van der Waals surface area contributed by atoms with Gasteiger partial charge in [-0.05, 0) is 50.2 Å². The third kappa shape index (κ3) is 3.46. The normalized spacial score (nSPS) is 16.0. The number of aromatic hydroxyl groups is 1. The number of hydrogen-bond donors (Lipinski definition) is 2. The van der Waals surface area contributed by atoms with Gasteiger partial charge in [0.15, 0.2) is 0 Å². The molecule has 1 aliphatic heterocycles. The van der Waals surface area contributed by atoms with Crippen LogP contribution in [0.25, 0.3) is 0 Å². The maximum Gasteiger partial charge on any atom is 0.251 e. The molecule has 4 heteroatoms.